The van der Waals surface area contributed by atoms with Crippen molar-refractivity contribution < 1.29 is 4.74 Å². The van der Waals surface area contributed by atoms with E-state index in [9.17, 15) is 0 Å². The van der Waals surface area contributed by atoms with Gasteiger partial charge < -0.3 is 10.1 Å². The summed E-state index contributed by atoms with van der Waals surface area (Å²) in [5.74, 6) is 1.96. The topological polar surface area (TPSA) is 47.0 Å². The maximum absolute atomic E-state index is 5.36. The van der Waals surface area contributed by atoms with Gasteiger partial charge in [0.15, 0.2) is 0 Å². The molecule has 0 radical (unpaired) electrons. The van der Waals surface area contributed by atoms with Crippen molar-refractivity contribution in [2.75, 3.05) is 25.1 Å². The maximum Gasteiger partial charge on any atom is 0.133 e. The van der Waals surface area contributed by atoms with E-state index in [1.165, 1.54) is 17.7 Å². The fourth-order valence-electron chi connectivity index (χ4n) is 2.22. The summed E-state index contributed by atoms with van der Waals surface area (Å²) in [6.45, 7) is 6.48. The van der Waals surface area contributed by atoms with Crippen LogP contribution in [0, 0.1) is 0 Å². The molecule has 0 bridgehead atoms. The van der Waals surface area contributed by atoms with E-state index < -0.39 is 0 Å². The highest BCUT2D eigenvalue weighted by Crippen LogP contribution is 2.26. The van der Waals surface area contributed by atoms with Crippen molar-refractivity contribution in [2.45, 2.75) is 39.5 Å². The van der Waals surface area contributed by atoms with Crippen LogP contribution in [0.25, 0.3) is 0 Å². The molecule has 1 aromatic heterocycles. The smallest absolute Gasteiger partial charge is 0.133 e. The average molecular weight is 235 g/mol. The fraction of sp³-hybridized carbons (Fsp3) is 0.692. The van der Waals surface area contributed by atoms with Crippen LogP contribution in [0.15, 0.2) is 0 Å². The van der Waals surface area contributed by atoms with Gasteiger partial charge in [-0.15, -0.1) is 0 Å². The van der Waals surface area contributed by atoms with Gasteiger partial charge in [0.1, 0.15) is 11.6 Å². The van der Waals surface area contributed by atoms with Crippen LogP contribution in [-0.4, -0.2) is 29.7 Å². The summed E-state index contributed by atoms with van der Waals surface area (Å²) in [7, 11) is 0. The number of rotatable bonds is 6. The van der Waals surface area contributed by atoms with Gasteiger partial charge in [0.2, 0.25) is 0 Å². The number of nitrogens with one attached hydrogen (secondary N) is 1. The molecule has 1 aromatic rings. The summed E-state index contributed by atoms with van der Waals surface area (Å²) in [5.41, 5.74) is 2.56. The van der Waals surface area contributed by atoms with Gasteiger partial charge in [0.05, 0.1) is 6.61 Å². The lowest BCUT2D eigenvalue weighted by atomic mass is 10.2. The zero-order chi connectivity index (χ0) is 12.1. The molecule has 0 aliphatic heterocycles. The Labute approximate surface area is 103 Å². The van der Waals surface area contributed by atoms with Gasteiger partial charge >= 0.3 is 0 Å². The minimum absolute atomic E-state index is 0.709. The highest BCUT2D eigenvalue weighted by Gasteiger charge is 2.18. The number of hydrogen-bond acceptors (Lipinski definition) is 4. The first kappa shape index (κ1) is 12.3. The SMILES string of the molecule is CCNc1nc(CCOCC)nc2c1CCC2. The molecular weight excluding hydrogens is 214 g/mol. The number of aromatic nitrogens is 2. The molecular formula is C13H21N3O. The third kappa shape index (κ3) is 2.94. The molecule has 0 fully saturated rings. The van der Waals surface area contributed by atoms with E-state index in [0.29, 0.717) is 6.61 Å². The summed E-state index contributed by atoms with van der Waals surface area (Å²) in [6.07, 6.45) is 4.22. The largest absolute Gasteiger partial charge is 0.381 e. The Morgan fingerprint density at radius 2 is 2.12 bits per heavy atom. The van der Waals surface area contributed by atoms with Crippen LogP contribution >= 0.6 is 0 Å². The quantitative estimate of drug-likeness (QED) is 0.766. The molecule has 0 unspecified atom stereocenters. The van der Waals surface area contributed by atoms with Crippen LogP contribution in [0.3, 0.4) is 0 Å². The lowest BCUT2D eigenvalue weighted by molar-refractivity contribution is 0.149. The summed E-state index contributed by atoms with van der Waals surface area (Å²) < 4.78 is 5.36. The second kappa shape index (κ2) is 5.96. The minimum atomic E-state index is 0.709. The van der Waals surface area contributed by atoms with E-state index >= 15 is 0 Å². The number of fused-ring (bicyclic) bond motifs is 1. The van der Waals surface area contributed by atoms with Crippen molar-refractivity contribution in [2.24, 2.45) is 0 Å². The van der Waals surface area contributed by atoms with Gasteiger partial charge in [0, 0.05) is 30.8 Å². The second-order valence-electron chi connectivity index (χ2n) is 4.24. The zero-order valence-corrected chi connectivity index (χ0v) is 10.8. The van der Waals surface area contributed by atoms with Crippen LogP contribution < -0.4 is 5.32 Å². The zero-order valence-electron chi connectivity index (χ0n) is 10.8. The van der Waals surface area contributed by atoms with Gasteiger partial charge in [-0.3, -0.25) is 0 Å². The summed E-state index contributed by atoms with van der Waals surface area (Å²) in [4.78, 5) is 9.24. The molecule has 0 saturated carbocycles. The molecule has 0 spiro atoms. The van der Waals surface area contributed by atoms with E-state index in [-0.39, 0.29) is 0 Å². The standard InChI is InChI=1S/C13H21N3O/c1-3-14-13-10-6-5-7-11(10)15-12(16-13)8-9-17-4-2/h3-9H2,1-2H3,(H,14,15,16). The first-order valence-electron chi connectivity index (χ1n) is 6.55. The molecule has 94 valence electrons. The number of aryl methyl sites for hydroxylation is 1. The van der Waals surface area contributed by atoms with Crippen molar-refractivity contribution in [1.29, 1.82) is 0 Å². The number of hydrogen-bond donors (Lipinski definition) is 1. The van der Waals surface area contributed by atoms with Crippen LogP contribution in [0.1, 0.15) is 37.4 Å². The Hall–Kier alpha value is -1.16. The van der Waals surface area contributed by atoms with Crippen molar-refractivity contribution >= 4 is 5.82 Å². The highest BCUT2D eigenvalue weighted by atomic mass is 16.5. The van der Waals surface area contributed by atoms with Crippen molar-refractivity contribution in [3.8, 4) is 0 Å². The maximum atomic E-state index is 5.36. The third-order valence-electron chi connectivity index (χ3n) is 3.00. The van der Waals surface area contributed by atoms with E-state index in [0.717, 1.165) is 44.1 Å². The number of ether oxygens (including phenoxy) is 1. The third-order valence-corrected chi connectivity index (χ3v) is 3.00. The molecule has 1 N–H and O–H groups in total. The number of nitrogens with zero attached hydrogens (tertiary/aromatic N) is 2. The fourth-order valence-corrected chi connectivity index (χ4v) is 2.22. The molecule has 0 amide bonds. The second-order valence-corrected chi connectivity index (χ2v) is 4.24. The van der Waals surface area contributed by atoms with Gasteiger partial charge in [-0.1, -0.05) is 0 Å². The van der Waals surface area contributed by atoms with Gasteiger partial charge in [-0.05, 0) is 33.1 Å². The van der Waals surface area contributed by atoms with Gasteiger partial charge in [-0.2, -0.15) is 0 Å². The molecule has 1 heterocycles. The molecule has 1 aliphatic carbocycles. The van der Waals surface area contributed by atoms with E-state index in [1.807, 2.05) is 6.92 Å². The Morgan fingerprint density at radius 1 is 1.24 bits per heavy atom. The van der Waals surface area contributed by atoms with E-state index in [1.54, 1.807) is 0 Å². The van der Waals surface area contributed by atoms with Crippen molar-refractivity contribution in [1.82, 2.24) is 9.97 Å². The predicted octanol–water partition coefficient (Wildman–Crippen LogP) is 1.98. The van der Waals surface area contributed by atoms with Crippen LogP contribution in [-0.2, 0) is 24.0 Å². The Balaban J connectivity index is 2.14. The average Bonchev–Trinajstić information content (AvgIpc) is 2.78. The van der Waals surface area contributed by atoms with Crippen LogP contribution in [0.5, 0.6) is 0 Å². The van der Waals surface area contributed by atoms with Gasteiger partial charge in [0.25, 0.3) is 0 Å². The van der Waals surface area contributed by atoms with E-state index in [2.05, 4.69) is 22.2 Å². The molecule has 0 aromatic carbocycles. The Bertz CT molecular complexity index is 379. The Kier molecular flexibility index (Phi) is 4.31. The summed E-state index contributed by atoms with van der Waals surface area (Å²) in [5, 5.41) is 3.35. The molecule has 0 atom stereocenters. The first-order chi connectivity index (χ1) is 8.35. The normalized spacial score (nSPS) is 13.8. The predicted molar refractivity (Wildman–Crippen MR) is 68.4 cm³/mol. The Morgan fingerprint density at radius 3 is 2.88 bits per heavy atom. The lowest BCUT2D eigenvalue weighted by Gasteiger charge is -2.10. The molecule has 17 heavy (non-hydrogen) atoms. The molecule has 4 heteroatoms. The summed E-state index contributed by atoms with van der Waals surface area (Å²) in [6, 6.07) is 0. The van der Waals surface area contributed by atoms with Crippen LogP contribution in [0.4, 0.5) is 5.82 Å². The van der Waals surface area contributed by atoms with E-state index in [4.69, 9.17) is 4.74 Å². The van der Waals surface area contributed by atoms with Crippen molar-refractivity contribution in [3.63, 3.8) is 0 Å². The first-order valence-corrected chi connectivity index (χ1v) is 6.55. The highest BCUT2D eigenvalue weighted by molar-refractivity contribution is 5.48. The number of anilines is 1. The lowest BCUT2D eigenvalue weighted by Crippen LogP contribution is -2.10. The van der Waals surface area contributed by atoms with Crippen LogP contribution in [0.2, 0.25) is 0 Å². The molecule has 2 rings (SSSR count). The molecule has 1 aliphatic rings. The van der Waals surface area contributed by atoms with Gasteiger partial charge in [-0.25, -0.2) is 9.97 Å². The monoisotopic (exact) mass is 235 g/mol. The minimum Gasteiger partial charge on any atom is -0.381 e. The summed E-state index contributed by atoms with van der Waals surface area (Å²) >= 11 is 0. The van der Waals surface area contributed by atoms with Crippen molar-refractivity contribution in [3.05, 3.63) is 17.1 Å². The molecule has 0 saturated heterocycles. The molecule has 4 nitrogen and oxygen atoms in total.